The van der Waals surface area contributed by atoms with E-state index >= 15 is 0 Å². The first kappa shape index (κ1) is 11.0. The van der Waals surface area contributed by atoms with E-state index < -0.39 is 0 Å². The van der Waals surface area contributed by atoms with Crippen molar-refractivity contribution in [2.45, 2.75) is 13.0 Å². The molecule has 1 heterocycles. The SMILES string of the molecule is Cc1cccc(-c2cccc(C3C=CC=N3)c2)c1. The van der Waals surface area contributed by atoms with Crippen molar-refractivity contribution in [3.63, 3.8) is 0 Å². The summed E-state index contributed by atoms with van der Waals surface area (Å²) in [6, 6.07) is 17.4. The Morgan fingerprint density at radius 3 is 2.44 bits per heavy atom. The van der Waals surface area contributed by atoms with Gasteiger partial charge < -0.3 is 0 Å². The van der Waals surface area contributed by atoms with E-state index in [0.717, 1.165) is 0 Å². The number of benzene rings is 2. The van der Waals surface area contributed by atoms with Crippen LogP contribution in [0.4, 0.5) is 0 Å². The summed E-state index contributed by atoms with van der Waals surface area (Å²) in [5, 5.41) is 0. The molecular formula is C17H15N. The average Bonchev–Trinajstić information content (AvgIpc) is 2.93. The molecular weight excluding hydrogens is 218 g/mol. The first-order valence-corrected chi connectivity index (χ1v) is 6.20. The topological polar surface area (TPSA) is 12.4 Å². The van der Waals surface area contributed by atoms with Gasteiger partial charge in [-0.1, -0.05) is 54.1 Å². The molecule has 0 saturated carbocycles. The van der Waals surface area contributed by atoms with Gasteiger partial charge in [0.15, 0.2) is 0 Å². The quantitative estimate of drug-likeness (QED) is 0.731. The van der Waals surface area contributed by atoms with Gasteiger partial charge in [0.1, 0.15) is 0 Å². The van der Waals surface area contributed by atoms with Crippen LogP contribution >= 0.6 is 0 Å². The predicted molar refractivity (Wildman–Crippen MR) is 77.0 cm³/mol. The maximum absolute atomic E-state index is 4.42. The lowest BCUT2D eigenvalue weighted by Gasteiger charge is -2.08. The summed E-state index contributed by atoms with van der Waals surface area (Å²) < 4.78 is 0. The molecule has 1 heteroatoms. The first-order valence-electron chi connectivity index (χ1n) is 6.20. The monoisotopic (exact) mass is 233 g/mol. The van der Waals surface area contributed by atoms with Crippen LogP contribution in [0.1, 0.15) is 17.2 Å². The lowest BCUT2D eigenvalue weighted by atomic mass is 9.99. The number of rotatable bonds is 2. The van der Waals surface area contributed by atoms with Gasteiger partial charge in [-0.25, -0.2) is 0 Å². The Morgan fingerprint density at radius 2 is 1.72 bits per heavy atom. The minimum atomic E-state index is 0.190. The Bertz CT molecular complexity index is 611. The van der Waals surface area contributed by atoms with Crippen molar-refractivity contribution in [1.82, 2.24) is 0 Å². The molecule has 0 saturated heterocycles. The third kappa shape index (κ3) is 2.12. The Labute approximate surface area is 108 Å². The van der Waals surface area contributed by atoms with E-state index in [-0.39, 0.29) is 6.04 Å². The number of hydrogen-bond donors (Lipinski definition) is 0. The molecule has 0 spiro atoms. The molecule has 18 heavy (non-hydrogen) atoms. The van der Waals surface area contributed by atoms with Crippen LogP contribution in [-0.2, 0) is 0 Å². The number of allylic oxidation sites excluding steroid dienone is 1. The molecule has 1 atom stereocenters. The van der Waals surface area contributed by atoms with Gasteiger partial charge in [-0.3, -0.25) is 4.99 Å². The fourth-order valence-corrected chi connectivity index (χ4v) is 2.27. The highest BCUT2D eigenvalue weighted by atomic mass is 14.8. The van der Waals surface area contributed by atoms with Gasteiger partial charge in [-0.05, 0) is 35.8 Å². The van der Waals surface area contributed by atoms with Crippen LogP contribution in [0, 0.1) is 6.92 Å². The van der Waals surface area contributed by atoms with Gasteiger partial charge in [-0.15, -0.1) is 0 Å². The zero-order chi connectivity index (χ0) is 12.4. The molecule has 1 nitrogen and oxygen atoms in total. The summed E-state index contributed by atoms with van der Waals surface area (Å²) in [6.07, 6.45) is 5.99. The summed E-state index contributed by atoms with van der Waals surface area (Å²) in [4.78, 5) is 4.42. The van der Waals surface area contributed by atoms with Crippen molar-refractivity contribution in [2.75, 3.05) is 0 Å². The maximum Gasteiger partial charge on any atom is 0.0934 e. The van der Waals surface area contributed by atoms with Crippen molar-refractivity contribution in [3.05, 3.63) is 71.8 Å². The molecule has 2 aromatic rings. The molecule has 0 fully saturated rings. The summed E-state index contributed by atoms with van der Waals surface area (Å²) in [6.45, 7) is 2.12. The van der Waals surface area contributed by atoms with Crippen LogP contribution in [0.5, 0.6) is 0 Å². The largest absolute Gasteiger partial charge is 0.281 e. The molecule has 1 aliphatic heterocycles. The highest BCUT2D eigenvalue weighted by Crippen LogP contribution is 2.27. The van der Waals surface area contributed by atoms with E-state index in [4.69, 9.17) is 0 Å². The van der Waals surface area contributed by atoms with Crippen LogP contribution in [-0.4, -0.2) is 6.21 Å². The van der Waals surface area contributed by atoms with Crippen molar-refractivity contribution in [3.8, 4) is 11.1 Å². The lowest BCUT2D eigenvalue weighted by molar-refractivity contribution is 0.936. The molecule has 1 aliphatic rings. The van der Waals surface area contributed by atoms with Crippen molar-refractivity contribution in [1.29, 1.82) is 0 Å². The van der Waals surface area contributed by atoms with Crippen molar-refractivity contribution >= 4 is 6.21 Å². The van der Waals surface area contributed by atoms with Crippen molar-refractivity contribution in [2.24, 2.45) is 4.99 Å². The molecule has 0 aliphatic carbocycles. The van der Waals surface area contributed by atoms with E-state index in [1.165, 1.54) is 22.3 Å². The molecule has 0 amide bonds. The molecule has 88 valence electrons. The minimum absolute atomic E-state index is 0.190. The second-order valence-corrected chi connectivity index (χ2v) is 4.62. The summed E-state index contributed by atoms with van der Waals surface area (Å²) >= 11 is 0. The zero-order valence-corrected chi connectivity index (χ0v) is 10.4. The van der Waals surface area contributed by atoms with Crippen LogP contribution in [0.3, 0.4) is 0 Å². The van der Waals surface area contributed by atoms with Crippen LogP contribution in [0.25, 0.3) is 11.1 Å². The highest BCUT2D eigenvalue weighted by molar-refractivity contribution is 5.75. The van der Waals surface area contributed by atoms with E-state index in [1.807, 2.05) is 12.3 Å². The second kappa shape index (κ2) is 4.61. The Morgan fingerprint density at radius 1 is 0.944 bits per heavy atom. The molecule has 1 unspecified atom stereocenters. The van der Waals surface area contributed by atoms with E-state index in [0.29, 0.717) is 0 Å². The average molecular weight is 233 g/mol. The number of aryl methyl sites for hydroxylation is 1. The maximum atomic E-state index is 4.42. The fraction of sp³-hybridized carbons (Fsp3) is 0.118. The van der Waals surface area contributed by atoms with Crippen LogP contribution in [0.2, 0.25) is 0 Å². The molecule has 0 N–H and O–H groups in total. The molecule has 0 bridgehead atoms. The van der Waals surface area contributed by atoms with Gasteiger partial charge in [0, 0.05) is 6.21 Å². The standard InChI is InChI=1S/C17H15N/c1-13-5-2-6-14(11-13)15-7-3-8-16(12-15)17-9-4-10-18-17/h2-12,17H,1H3. The van der Waals surface area contributed by atoms with Gasteiger partial charge >= 0.3 is 0 Å². The highest BCUT2D eigenvalue weighted by Gasteiger charge is 2.09. The minimum Gasteiger partial charge on any atom is -0.281 e. The summed E-state index contributed by atoms with van der Waals surface area (Å²) in [5.74, 6) is 0. The number of nitrogens with zero attached hydrogens (tertiary/aromatic N) is 1. The first-order chi connectivity index (χ1) is 8.83. The third-order valence-electron chi connectivity index (χ3n) is 3.21. The van der Waals surface area contributed by atoms with Crippen molar-refractivity contribution < 1.29 is 0 Å². The van der Waals surface area contributed by atoms with Gasteiger partial charge in [0.2, 0.25) is 0 Å². The fourth-order valence-electron chi connectivity index (χ4n) is 2.27. The smallest absolute Gasteiger partial charge is 0.0934 e. The third-order valence-corrected chi connectivity index (χ3v) is 3.21. The van der Waals surface area contributed by atoms with Crippen LogP contribution in [0.15, 0.2) is 65.7 Å². The second-order valence-electron chi connectivity index (χ2n) is 4.62. The van der Waals surface area contributed by atoms with Gasteiger partial charge in [-0.2, -0.15) is 0 Å². The van der Waals surface area contributed by atoms with E-state index in [2.05, 4.69) is 66.5 Å². The Hall–Kier alpha value is -2.15. The normalized spacial score (nSPS) is 17.3. The Kier molecular flexibility index (Phi) is 2.81. The zero-order valence-electron chi connectivity index (χ0n) is 10.4. The number of hydrogen-bond acceptors (Lipinski definition) is 1. The van der Waals surface area contributed by atoms with Gasteiger partial charge in [0.05, 0.1) is 6.04 Å². The van der Waals surface area contributed by atoms with Crippen LogP contribution < -0.4 is 0 Å². The summed E-state index contributed by atoms with van der Waals surface area (Å²) in [7, 11) is 0. The number of aliphatic imine (C=N–C) groups is 1. The lowest BCUT2D eigenvalue weighted by Crippen LogP contribution is -1.89. The molecule has 0 radical (unpaired) electrons. The summed E-state index contributed by atoms with van der Waals surface area (Å²) in [5.41, 5.74) is 5.06. The molecule has 0 aromatic heterocycles. The van der Waals surface area contributed by atoms with Gasteiger partial charge in [0.25, 0.3) is 0 Å². The van der Waals surface area contributed by atoms with E-state index in [1.54, 1.807) is 0 Å². The molecule has 3 rings (SSSR count). The van der Waals surface area contributed by atoms with E-state index in [9.17, 15) is 0 Å². The predicted octanol–water partition coefficient (Wildman–Crippen LogP) is 4.34. The molecule has 2 aromatic carbocycles. The Balaban J connectivity index is 2.00.